The molecule has 1 aliphatic rings. The van der Waals surface area contributed by atoms with Gasteiger partial charge in [-0.25, -0.2) is 8.42 Å². The van der Waals surface area contributed by atoms with Crippen molar-refractivity contribution in [2.24, 2.45) is 0 Å². The van der Waals surface area contributed by atoms with Crippen LogP contribution in [-0.2, 0) is 27.8 Å². The largest absolute Gasteiger partial charge is 0.308 e. The number of hydrogen-bond donors (Lipinski definition) is 0. The average molecular weight is 603 g/mol. The highest BCUT2D eigenvalue weighted by Crippen LogP contribution is 2.35. The highest BCUT2D eigenvalue weighted by atomic mass is 79.9. The van der Waals surface area contributed by atoms with E-state index < -0.39 is 10.0 Å². The smallest absolute Gasteiger partial charge is 0.243 e. The first-order chi connectivity index (χ1) is 16.1. The molecular weight excluding hydrogens is 583 g/mol. The fraction of sp³-hybridized carbons (Fsp3) is 0.208. The van der Waals surface area contributed by atoms with Gasteiger partial charge in [0, 0.05) is 43.4 Å². The second-order valence-corrected chi connectivity index (χ2v) is 12.1. The van der Waals surface area contributed by atoms with Crippen LogP contribution in [0.5, 0.6) is 0 Å². The number of benzene rings is 3. The number of carbonyl (C=O) groups is 1. The Hall–Kier alpha value is -1.61. The third-order valence-corrected chi connectivity index (χ3v) is 8.94. The summed E-state index contributed by atoms with van der Waals surface area (Å²) in [5.41, 5.74) is 2.23. The van der Waals surface area contributed by atoms with E-state index in [0.29, 0.717) is 27.1 Å². The monoisotopic (exact) mass is 600 g/mol. The number of halogens is 4. The summed E-state index contributed by atoms with van der Waals surface area (Å²) in [5, 5.41) is 1.05. The first-order valence-electron chi connectivity index (χ1n) is 10.4. The molecule has 0 saturated carbocycles. The van der Waals surface area contributed by atoms with E-state index >= 15 is 0 Å². The van der Waals surface area contributed by atoms with Crippen LogP contribution in [0, 0.1) is 0 Å². The molecule has 0 N–H and O–H groups in total. The number of sulfonamides is 1. The summed E-state index contributed by atoms with van der Waals surface area (Å²) in [7, 11) is -4.07. The summed E-state index contributed by atoms with van der Waals surface area (Å²) < 4.78 is 29.3. The molecule has 0 radical (unpaired) electrons. The Balaban J connectivity index is 1.71. The average Bonchev–Trinajstić information content (AvgIpc) is 3.10. The molecule has 0 aromatic heterocycles. The Kier molecular flexibility index (Phi) is 7.62. The van der Waals surface area contributed by atoms with Gasteiger partial charge in [-0.15, -0.1) is 0 Å². The van der Waals surface area contributed by atoms with Gasteiger partial charge in [-0.05, 0) is 73.5 Å². The molecule has 0 saturated heterocycles. The maximum Gasteiger partial charge on any atom is 0.243 e. The molecule has 178 valence electrons. The van der Waals surface area contributed by atoms with Crippen LogP contribution in [0.3, 0.4) is 0 Å². The Morgan fingerprint density at radius 3 is 2.35 bits per heavy atom. The molecule has 0 aliphatic carbocycles. The van der Waals surface area contributed by atoms with Crippen molar-refractivity contribution in [3.63, 3.8) is 0 Å². The third-order valence-electron chi connectivity index (χ3n) is 5.69. The maximum atomic E-state index is 13.6. The zero-order valence-corrected chi connectivity index (χ0v) is 22.7. The highest BCUT2D eigenvalue weighted by Gasteiger charge is 2.35. The van der Waals surface area contributed by atoms with Gasteiger partial charge in [-0.1, -0.05) is 56.8 Å². The van der Waals surface area contributed by atoms with Gasteiger partial charge < -0.3 is 4.90 Å². The Morgan fingerprint density at radius 1 is 1.06 bits per heavy atom. The minimum atomic E-state index is -4.07. The molecule has 1 atom stereocenters. The van der Waals surface area contributed by atoms with E-state index in [1.807, 2.05) is 25.1 Å². The standard InChI is InChI=1S/C24H20BrCl3N2O3S/c1-15-11-16-12-17(25)5-10-23(16)30(15)24(31)14-29(13-20-21(27)3-2-4-22(20)28)34(32,33)19-8-6-18(26)7-9-19/h2-10,12,15H,11,13-14H2,1H3. The van der Waals surface area contributed by atoms with Crippen LogP contribution in [0.15, 0.2) is 70.0 Å². The number of carbonyl (C=O) groups excluding carboxylic acids is 1. The first-order valence-corrected chi connectivity index (χ1v) is 13.7. The van der Waals surface area contributed by atoms with Gasteiger partial charge in [-0.3, -0.25) is 4.79 Å². The second-order valence-electron chi connectivity index (χ2n) is 8.02. The van der Waals surface area contributed by atoms with Crippen molar-refractivity contribution in [2.75, 3.05) is 11.4 Å². The minimum absolute atomic E-state index is 0.0201. The van der Waals surface area contributed by atoms with Crippen molar-refractivity contribution in [3.05, 3.63) is 91.3 Å². The van der Waals surface area contributed by atoms with Crippen molar-refractivity contribution in [1.29, 1.82) is 0 Å². The molecule has 1 aliphatic heterocycles. The van der Waals surface area contributed by atoms with Crippen molar-refractivity contribution >= 4 is 72.4 Å². The molecular formula is C24H20BrCl3N2O3S. The lowest BCUT2D eigenvalue weighted by molar-refractivity contribution is -0.119. The number of nitrogens with zero attached hydrogens (tertiary/aromatic N) is 2. The fourth-order valence-electron chi connectivity index (χ4n) is 4.05. The van der Waals surface area contributed by atoms with E-state index in [2.05, 4.69) is 15.9 Å². The fourth-order valence-corrected chi connectivity index (χ4v) is 6.46. The van der Waals surface area contributed by atoms with Crippen LogP contribution in [0.2, 0.25) is 15.1 Å². The molecule has 5 nitrogen and oxygen atoms in total. The molecule has 10 heteroatoms. The molecule has 0 fully saturated rings. The maximum absolute atomic E-state index is 13.6. The van der Waals surface area contributed by atoms with Crippen LogP contribution in [0.4, 0.5) is 5.69 Å². The van der Waals surface area contributed by atoms with Gasteiger partial charge in [0.15, 0.2) is 0 Å². The summed E-state index contributed by atoms with van der Waals surface area (Å²) in [4.78, 5) is 15.2. The molecule has 0 bridgehead atoms. The normalized spacial score (nSPS) is 15.6. The quantitative estimate of drug-likeness (QED) is 0.320. The van der Waals surface area contributed by atoms with Crippen LogP contribution in [0.1, 0.15) is 18.1 Å². The van der Waals surface area contributed by atoms with E-state index in [1.165, 1.54) is 24.3 Å². The van der Waals surface area contributed by atoms with Crippen molar-refractivity contribution in [1.82, 2.24) is 4.31 Å². The molecule has 3 aromatic carbocycles. The topological polar surface area (TPSA) is 57.7 Å². The predicted molar refractivity (Wildman–Crippen MR) is 140 cm³/mol. The van der Waals surface area contributed by atoms with E-state index in [1.54, 1.807) is 23.1 Å². The second kappa shape index (κ2) is 10.2. The van der Waals surface area contributed by atoms with Crippen molar-refractivity contribution in [3.8, 4) is 0 Å². The SMILES string of the molecule is CC1Cc2cc(Br)ccc2N1C(=O)CN(Cc1c(Cl)cccc1Cl)S(=O)(=O)c1ccc(Cl)cc1. The van der Waals surface area contributed by atoms with E-state index in [9.17, 15) is 13.2 Å². The molecule has 0 spiro atoms. The summed E-state index contributed by atoms with van der Waals surface area (Å²) in [6.07, 6.45) is 0.681. The number of hydrogen-bond acceptors (Lipinski definition) is 3. The molecule has 1 unspecified atom stereocenters. The van der Waals surface area contributed by atoms with Crippen molar-refractivity contribution < 1.29 is 13.2 Å². The zero-order chi connectivity index (χ0) is 24.6. The molecule has 3 aromatic rings. The van der Waals surface area contributed by atoms with Crippen LogP contribution in [-0.4, -0.2) is 31.2 Å². The van der Waals surface area contributed by atoms with Crippen LogP contribution >= 0.6 is 50.7 Å². The predicted octanol–water partition coefficient (Wildman–Crippen LogP) is 6.58. The van der Waals surface area contributed by atoms with E-state index in [-0.39, 0.29) is 29.9 Å². The number of anilines is 1. The molecule has 1 heterocycles. The van der Waals surface area contributed by atoms with Gasteiger partial charge in [0.25, 0.3) is 0 Å². The van der Waals surface area contributed by atoms with Gasteiger partial charge in [0.05, 0.1) is 11.4 Å². The number of amides is 1. The van der Waals surface area contributed by atoms with Gasteiger partial charge >= 0.3 is 0 Å². The minimum Gasteiger partial charge on any atom is -0.308 e. The van der Waals surface area contributed by atoms with E-state index in [0.717, 1.165) is 20.0 Å². The Morgan fingerprint density at radius 2 is 1.71 bits per heavy atom. The molecule has 1 amide bonds. The van der Waals surface area contributed by atoms with Crippen molar-refractivity contribution in [2.45, 2.75) is 30.8 Å². The summed E-state index contributed by atoms with van der Waals surface area (Å²) >= 11 is 22.1. The lowest BCUT2D eigenvalue weighted by Gasteiger charge is -2.28. The highest BCUT2D eigenvalue weighted by molar-refractivity contribution is 9.10. The van der Waals surface area contributed by atoms with Gasteiger partial charge in [0.1, 0.15) is 0 Å². The van der Waals surface area contributed by atoms with Crippen LogP contribution in [0.25, 0.3) is 0 Å². The van der Waals surface area contributed by atoms with Gasteiger partial charge in [0.2, 0.25) is 15.9 Å². The number of rotatable bonds is 6. The molecule has 34 heavy (non-hydrogen) atoms. The van der Waals surface area contributed by atoms with Gasteiger partial charge in [-0.2, -0.15) is 4.31 Å². The Bertz CT molecular complexity index is 1330. The Labute approximate surface area is 222 Å². The first kappa shape index (κ1) is 25.5. The molecule has 4 rings (SSSR count). The van der Waals surface area contributed by atoms with Crippen LogP contribution < -0.4 is 4.90 Å². The summed E-state index contributed by atoms with van der Waals surface area (Å²) in [6.45, 7) is 1.39. The lowest BCUT2D eigenvalue weighted by Crippen LogP contribution is -2.44. The number of fused-ring (bicyclic) bond motifs is 1. The van der Waals surface area contributed by atoms with E-state index in [4.69, 9.17) is 34.8 Å². The zero-order valence-electron chi connectivity index (χ0n) is 18.0. The summed E-state index contributed by atoms with van der Waals surface area (Å²) in [6, 6.07) is 16.4. The lowest BCUT2D eigenvalue weighted by atomic mass is 10.1. The third kappa shape index (κ3) is 5.15. The summed E-state index contributed by atoms with van der Waals surface area (Å²) in [5.74, 6) is -0.339.